The van der Waals surface area contributed by atoms with Crippen LogP contribution in [-0.2, 0) is 13.1 Å². The number of guanidine groups is 1. The third kappa shape index (κ3) is 7.42. The molecule has 0 aliphatic heterocycles. The number of hydrogen-bond acceptors (Lipinski definition) is 3. The van der Waals surface area contributed by atoms with Crippen LogP contribution in [0.15, 0.2) is 53.7 Å². The molecule has 0 saturated carbocycles. The molecule has 1 aromatic carbocycles. The number of ether oxygens (including phenoxy) is 1. The van der Waals surface area contributed by atoms with E-state index in [0.717, 1.165) is 11.3 Å². The van der Waals surface area contributed by atoms with Crippen molar-refractivity contribution in [2.75, 3.05) is 13.2 Å². The quantitative estimate of drug-likeness (QED) is 0.583. The van der Waals surface area contributed by atoms with Crippen LogP contribution < -0.4 is 15.4 Å². The Morgan fingerprint density at radius 2 is 1.88 bits per heavy atom. The van der Waals surface area contributed by atoms with Gasteiger partial charge < -0.3 is 15.4 Å². The Balaban J connectivity index is 1.89. The average Bonchev–Trinajstić information content (AvgIpc) is 2.63. The smallest absolute Gasteiger partial charge is 0.422 e. The summed E-state index contributed by atoms with van der Waals surface area (Å²) in [4.78, 5) is 8.69. The van der Waals surface area contributed by atoms with Gasteiger partial charge in [0.25, 0.3) is 0 Å². The second-order valence-corrected chi connectivity index (χ2v) is 5.42. The Bertz CT molecular complexity index is 688. The van der Waals surface area contributed by atoms with Gasteiger partial charge in [0.15, 0.2) is 12.6 Å². The summed E-state index contributed by atoms with van der Waals surface area (Å²) in [5.41, 5.74) is 1.75. The molecule has 0 unspecified atom stereocenters. The molecule has 0 spiro atoms. The largest absolute Gasteiger partial charge is 0.484 e. The summed E-state index contributed by atoms with van der Waals surface area (Å²) in [5.74, 6) is 0.811. The number of alkyl halides is 3. The fourth-order valence-corrected chi connectivity index (χ4v) is 2.05. The standard InChI is InChI=1S/C18H21F3N4O/c1-2-22-17(25-12-15-5-3-4-10-23-15)24-11-14-6-8-16(9-7-14)26-13-18(19,20)21/h3-10H,2,11-13H2,1H3,(H2,22,24,25). The molecule has 0 atom stereocenters. The van der Waals surface area contributed by atoms with Crippen LogP contribution in [0.1, 0.15) is 18.2 Å². The van der Waals surface area contributed by atoms with Crippen molar-refractivity contribution in [3.05, 3.63) is 59.9 Å². The molecular formula is C18H21F3N4O. The fourth-order valence-electron chi connectivity index (χ4n) is 2.05. The van der Waals surface area contributed by atoms with Crippen molar-refractivity contribution in [1.29, 1.82) is 0 Å². The van der Waals surface area contributed by atoms with E-state index >= 15 is 0 Å². The number of halogens is 3. The molecule has 5 nitrogen and oxygen atoms in total. The van der Waals surface area contributed by atoms with Gasteiger partial charge in [-0.05, 0) is 36.8 Å². The van der Waals surface area contributed by atoms with Crippen LogP contribution in [-0.4, -0.2) is 30.3 Å². The van der Waals surface area contributed by atoms with Crippen LogP contribution in [0.4, 0.5) is 13.2 Å². The van der Waals surface area contributed by atoms with Crippen molar-refractivity contribution in [3.63, 3.8) is 0 Å². The van der Waals surface area contributed by atoms with Crippen molar-refractivity contribution in [2.45, 2.75) is 26.2 Å². The minimum atomic E-state index is -4.34. The van der Waals surface area contributed by atoms with E-state index in [1.54, 1.807) is 18.3 Å². The van der Waals surface area contributed by atoms with Crippen LogP contribution in [0, 0.1) is 0 Å². The summed E-state index contributed by atoms with van der Waals surface area (Å²) >= 11 is 0. The van der Waals surface area contributed by atoms with Gasteiger partial charge in [-0.25, -0.2) is 4.99 Å². The molecule has 1 aromatic heterocycles. The Labute approximate surface area is 150 Å². The molecule has 2 N–H and O–H groups in total. The van der Waals surface area contributed by atoms with Gasteiger partial charge in [-0.1, -0.05) is 18.2 Å². The SMILES string of the molecule is CCNC(=NCc1ccc(OCC(F)(F)F)cc1)NCc1ccccn1. The zero-order chi connectivity index (χ0) is 18.8. The number of nitrogens with zero attached hydrogens (tertiary/aromatic N) is 2. The van der Waals surface area contributed by atoms with Gasteiger partial charge in [0.2, 0.25) is 0 Å². The van der Waals surface area contributed by atoms with Crippen molar-refractivity contribution in [3.8, 4) is 5.75 Å². The predicted molar refractivity (Wildman–Crippen MR) is 93.9 cm³/mol. The van der Waals surface area contributed by atoms with Gasteiger partial charge in [0.05, 0.1) is 18.8 Å². The van der Waals surface area contributed by atoms with Gasteiger partial charge in [-0.3, -0.25) is 4.98 Å². The molecule has 0 aliphatic carbocycles. The molecular weight excluding hydrogens is 345 g/mol. The highest BCUT2D eigenvalue weighted by molar-refractivity contribution is 5.79. The van der Waals surface area contributed by atoms with E-state index in [1.807, 2.05) is 25.1 Å². The lowest BCUT2D eigenvalue weighted by atomic mass is 10.2. The zero-order valence-electron chi connectivity index (χ0n) is 14.4. The van der Waals surface area contributed by atoms with Crippen LogP contribution in [0.5, 0.6) is 5.75 Å². The molecule has 2 rings (SSSR count). The first-order valence-corrected chi connectivity index (χ1v) is 8.17. The average molecular weight is 366 g/mol. The van der Waals surface area contributed by atoms with E-state index in [0.29, 0.717) is 25.6 Å². The third-order valence-electron chi connectivity index (χ3n) is 3.25. The van der Waals surface area contributed by atoms with Gasteiger partial charge in [-0.15, -0.1) is 0 Å². The second kappa shape index (κ2) is 9.65. The van der Waals surface area contributed by atoms with Gasteiger partial charge >= 0.3 is 6.18 Å². The molecule has 0 bridgehead atoms. The van der Waals surface area contributed by atoms with Gasteiger partial charge in [0, 0.05) is 12.7 Å². The minimum absolute atomic E-state index is 0.176. The summed E-state index contributed by atoms with van der Waals surface area (Å²) in [6, 6.07) is 12.1. The molecule has 2 aromatic rings. The summed E-state index contributed by atoms with van der Waals surface area (Å²) < 4.78 is 41.1. The maximum Gasteiger partial charge on any atom is 0.422 e. The van der Waals surface area contributed by atoms with Crippen LogP contribution >= 0.6 is 0 Å². The number of nitrogens with one attached hydrogen (secondary N) is 2. The van der Waals surface area contributed by atoms with Crippen molar-refractivity contribution < 1.29 is 17.9 Å². The highest BCUT2D eigenvalue weighted by Crippen LogP contribution is 2.19. The monoisotopic (exact) mass is 366 g/mol. The molecule has 0 fully saturated rings. The first-order valence-electron chi connectivity index (χ1n) is 8.17. The lowest BCUT2D eigenvalue weighted by Gasteiger charge is -2.11. The molecule has 8 heteroatoms. The first-order chi connectivity index (χ1) is 12.5. The van der Waals surface area contributed by atoms with E-state index in [9.17, 15) is 13.2 Å². The first kappa shape index (κ1) is 19.6. The Morgan fingerprint density at radius 3 is 2.50 bits per heavy atom. The highest BCUT2D eigenvalue weighted by Gasteiger charge is 2.28. The summed E-state index contributed by atoms with van der Waals surface area (Å²) in [5, 5.41) is 6.32. The lowest BCUT2D eigenvalue weighted by molar-refractivity contribution is -0.153. The molecule has 0 amide bonds. The van der Waals surface area contributed by atoms with Crippen molar-refractivity contribution >= 4 is 5.96 Å². The minimum Gasteiger partial charge on any atom is -0.484 e. The fraction of sp³-hybridized carbons (Fsp3) is 0.333. The van der Waals surface area contributed by atoms with Crippen molar-refractivity contribution in [2.24, 2.45) is 4.99 Å². The summed E-state index contributed by atoms with van der Waals surface area (Å²) in [6.45, 7) is 2.30. The lowest BCUT2D eigenvalue weighted by Crippen LogP contribution is -2.36. The number of hydrogen-bond donors (Lipinski definition) is 2. The predicted octanol–water partition coefficient (Wildman–Crippen LogP) is 3.28. The molecule has 1 heterocycles. The molecule has 26 heavy (non-hydrogen) atoms. The van der Waals surface area contributed by atoms with Crippen LogP contribution in [0.2, 0.25) is 0 Å². The second-order valence-electron chi connectivity index (χ2n) is 5.42. The maximum absolute atomic E-state index is 12.1. The number of aliphatic imine (C=N–C) groups is 1. The number of benzene rings is 1. The van der Waals surface area contributed by atoms with E-state index in [1.165, 1.54) is 12.1 Å². The highest BCUT2D eigenvalue weighted by atomic mass is 19.4. The molecule has 0 aliphatic rings. The molecule has 0 saturated heterocycles. The zero-order valence-corrected chi connectivity index (χ0v) is 14.4. The third-order valence-corrected chi connectivity index (χ3v) is 3.25. The van der Waals surface area contributed by atoms with Crippen LogP contribution in [0.25, 0.3) is 0 Å². The molecule has 0 radical (unpaired) electrons. The maximum atomic E-state index is 12.1. The summed E-state index contributed by atoms with van der Waals surface area (Å²) in [6.07, 6.45) is -2.62. The number of aromatic nitrogens is 1. The van der Waals surface area contributed by atoms with E-state index in [-0.39, 0.29) is 5.75 Å². The summed E-state index contributed by atoms with van der Waals surface area (Å²) in [7, 11) is 0. The van der Waals surface area contributed by atoms with Crippen molar-refractivity contribution in [1.82, 2.24) is 15.6 Å². The van der Waals surface area contributed by atoms with E-state index < -0.39 is 12.8 Å². The van der Waals surface area contributed by atoms with E-state index in [2.05, 4.69) is 25.3 Å². The Kier molecular flexibility index (Phi) is 7.25. The number of rotatable bonds is 7. The normalized spacial score (nSPS) is 11.9. The van der Waals surface area contributed by atoms with E-state index in [4.69, 9.17) is 0 Å². The topological polar surface area (TPSA) is 58.5 Å². The number of pyridine rings is 1. The van der Waals surface area contributed by atoms with Gasteiger partial charge in [0.1, 0.15) is 5.75 Å². The molecule has 140 valence electrons. The Hall–Kier alpha value is -2.77. The van der Waals surface area contributed by atoms with Gasteiger partial charge in [-0.2, -0.15) is 13.2 Å². The Morgan fingerprint density at radius 1 is 1.12 bits per heavy atom. The van der Waals surface area contributed by atoms with Crippen LogP contribution in [0.3, 0.4) is 0 Å².